The van der Waals surface area contributed by atoms with Crippen molar-refractivity contribution in [2.24, 2.45) is 0 Å². The van der Waals surface area contributed by atoms with Crippen LogP contribution in [-0.2, 0) is 4.79 Å². The minimum atomic E-state index is -0.887. The lowest BCUT2D eigenvalue weighted by Gasteiger charge is -2.06. The van der Waals surface area contributed by atoms with Crippen LogP contribution in [0.15, 0.2) is 29.3 Å². The molecule has 7 heteroatoms. The molecule has 0 unspecified atom stereocenters. The molecular formula is C13H10Cl2N2O2S. The molecule has 0 spiro atoms. The topological polar surface area (TPSA) is 63.1 Å². The Bertz CT molecular complexity index is 665. The molecule has 1 aromatic heterocycles. The summed E-state index contributed by atoms with van der Waals surface area (Å²) < 4.78 is 0. The van der Waals surface area contributed by atoms with Crippen molar-refractivity contribution in [3.8, 4) is 11.4 Å². The number of thioether (sulfide) groups is 1. The number of benzene rings is 1. The number of hydrogen-bond donors (Lipinski definition) is 1. The summed E-state index contributed by atoms with van der Waals surface area (Å²) in [6.07, 6.45) is 0. The highest BCUT2D eigenvalue weighted by atomic mass is 35.5. The van der Waals surface area contributed by atoms with Crippen molar-refractivity contribution in [1.82, 2.24) is 9.97 Å². The standard InChI is InChI=1S/C13H10Cl2N2O2S/c1-7-4-11(20-6-12(18)19)17-13(16-7)8-2-3-9(14)10(15)5-8/h2-5H,6H2,1H3,(H,18,19). The Balaban J connectivity index is 2.35. The highest BCUT2D eigenvalue weighted by Gasteiger charge is 2.09. The fourth-order valence-electron chi connectivity index (χ4n) is 1.51. The molecule has 2 aromatic rings. The highest BCUT2D eigenvalue weighted by molar-refractivity contribution is 7.99. The molecular weight excluding hydrogens is 319 g/mol. The molecule has 4 nitrogen and oxygen atoms in total. The molecule has 104 valence electrons. The quantitative estimate of drug-likeness (QED) is 0.680. The molecule has 1 heterocycles. The smallest absolute Gasteiger partial charge is 0.313 e. The number of aromatic nitrogens is 2. The van der Waals surface area contributed by atoms with Gasteiger partial charge in [-0.1, -0.05) is 35.0 Å². The van der Waals surface area contributed by atoms with Crippen LogP contribution in [0.5, 0.6) is 0 Å². The number of aryl methyl sites for hydroxylation is 1. The van der Waals surface area contributed by atoms with E-state index < -0.39 is 5.97 Å². The summed E-state index contributed by atoms with van der Waals surface area (Å²) in [4.78, 5) is 19.3. The van der Waals surface area contributed by atoms with Gasteiger partial charge >= 0.3 is 5.97 Å². The average molecular weight is 329 g/mol. The van der Waals surface area contributed by atoms with Gasteiger partial charge < -0.3 is 5.11 Å². The first-order valence-electron chi connectivity index (χ1n) is 5.61. The Morgan fingerprint density at radius 2 is 2.00 bits per heavy atom. The molecule has 20 heavy (non-hydrogen) atoms. The van der Waals surface area contributed by atoms with E-state index >= 15 is 0 Å². The molecule has 1 N–H and O–H groups in total. The molecule has 0 aliphatic rings. The van der Waals surface area contributed by atoms with Gasteiger partial charge in [0.1, 0.15) is 5.03 Å². The van der Waals surface area contributed by atoms with E-state index in [2.05, 4.69) is 9.97 Å². The van der Waals surface area contributed by atoms with Gasteiger partial charge in [-0.05, 0) is 31.2 Å². The average Bonchev–Trinajstić information content (AvgIpc) is 2.39. The first kappa shape index (κ1) is 15.1. The molecule has 1 aromatic carbocycles. The van der Waals surface area contributed by atoms with Gasteiger partial charge in [0, 0.05) is 11.3 Å². The number of carboxylic acid groups (broad SMARTS) is 1. The summed E-state index contributed by atoms with van der Waals surface area (Å²) >= 11 is 13.0. The van der Waals surface area contributed by atoms with Crippen molar-refractivity contribution in [2.75, 3.05) is 5.75 Å². The molecule has 0 aliphatic carbocycles. The Kier molecular flexibility index (Phi) is 4.86. The van der Waals surface area contributed by atoms with Crippen molar-refractivity contribution >= 4 is 40.9 Å². The second-order valence-corrected chi connectivity index (χ2v) is 5.79. The van der Waals surface area contributed by atoms with Crippen LogP contribution in [-0.4, -0.2) is 26.8 Å². The molecule has 0 atom stereocenters. The van der Waals surface area contributed by atoms with Gasteiger partial charge in [0.15, 0.2) is 5.82 Å². The molecule has 0 saturated heterocycles. The lowest BCUT2D eigenvalue weighted by molar-refractivity contribution is -0.133. The van der Waals surface area contributed by atoms with Gasteiger partial charge in [-0.15, -0.1) is 0 Å². The molecule has 0 bridgehead atoms. The molecule has 2 rings (SSSR count). The van der Waals surface area contributed by atoms with Crippen molar-refractivity contribution in [1.29, 1.82) is 0 Å². The van der Waals surface area contributed by atoms with E-state index in [1.807, 2.05) is 6.92 Å². The molecule has 0 fully saturated rings. The zero-order valence-corrected chi connectivity index (χ0v) is 12.8. The van der Waals surface area contributed by atoms with Crippen LogP contribution in [0.4, 0.5) is 0 Å². The van der Waals surface area contributed by atoms with Crippen LogP contribution in [0.25, 0.3) is 11.4 Å². The van der Waals surface area contributed by atoms with E-state index in [1.165, 1.54) is 0 Å². The number of hydrogen-bond acceptors (Lipinski definition) is 4. The van der Waals surface area contributed by atoms with Crippen molar-refractivity contribution in [3.63, 3.8) is 0 Å². The van der Waals surface area contributed by atoms with E-state index in [0.717, 1.165) is 23.0 Å². The van der Waals surface area contributed by atoms with E-state index in [4.69, 9.17) is 28.3 Å². The number of aliphatic carboxylic acids is 1. The van der Waals surface area contributed by atoms with E-state index in [1.54, 1.807) is 24.3 Å². The van der Waals surface area contributed by atoms with Gasteiger partial charge in [0.25, 0.3) is 0 Å². The first-order valence-corrected chi connectivity index (χ1v) is 7.35. The summed E-state index contributed by atoms with van der Waals surface area (Å²) in [5, 5.41) is 10.2. The maximum atomic E-state index is 10.6. The maximum absolute atomic E-state index is 10.6. The third-order valence-electron chi connectivity index (χ3n) is 2.35. The molecule has 0 aliphatic heterocycles. The zero-order valence-electron chi connectivity index (χ0n) is 10.4. The van der Waals surface area contributed by atoms with Gasteiger partial charge in [0.05, 0.1) is 15.8 Å². The molecule has 0 radical (unpaired) electrons. The van der Waals surface area contributed by atoms with Crippen LogP contribution in [0.1, 0.15) is 5.69 Å². The lowest BCUT2D eigenvalue weighted by atomic mass is 10.2. The number of rotatable bonds is 4. The number of carbonyl (C=O) groups is 1. The summed E-state index contributed by atoms with van der Waals surface area (Å²) in [5.74, 6) is -0.434. The van der Waals surface area contributed by atoms with E-state index in [9.17, 15) is 4.79 Å². The zero-order chi connectivity index (χ0) is 14.7. The van der Waals surface area contributed by atoms with Crippen molar-refractivity contribution in [2.45, 2.75) is 11.9 Å². The largest absolute Gasteiger partial charge is 0.481 e. The fourth-order valence-corrected chi connectivity index (χ4v) is 2.49. The third kappa shape index (κ3) is 3.85. The van der Waals surface area contributed by atoms with E-state index in [0.29, 0.717) is 20.9 Å². The summed E-state index contributed by atoms with van der Waals surface area (Å²) in [6.45, 7) is 1.83. The van der Waals surface area contributed by atoms with Crippen LogP contribution in [0.2, 0.25) is 10.0 Å². The normalized spacial score (nSPS) is 10.6. The Hall–Kier alpha value is -1.30. The van der Waals surface area contributed by atoms with E-state index in [-0.39, 0.29) is 5.75 Å². The number of halogens is 2. The second-order valence-electron chi connectivity index (χ2n) is 3.98. The Morgan fingerprint density at radius 3 is 2.65 bits per heavy atom. The molecule has 0 saturated carbocycles. The SMILES string of the molecule is Cc1cc(SCC(=O)O)nc(-c2ccc(Cl)c(Cl)c2)n1. The third-order valence-corrected chi connectivity index (χ3v) is 3.99. The van der Waals surface area contributed by atoms with Gasteiger partial charge in [-0.2, -0.15) is 0 Å². The van der Waals surface area contributed by atoms with Crippen LogP contribution in [0.3, 0.4) is 0 Å². The van der Waals surface area contributed by atoms with Gasteiger partial charge in [-0.25, -0.2) is 9.97 Å². The predicted molar refractivity (Wildman–Crippen MR) is 80.6 cm³/mol. The predicted octanol–water partition coefficient (Wildman–Crippen LogP) is 3.94. The minimum absolute atomic E-state index is 0.0444. The Labute approximate surface area is 130 Å². The monoisotopic (exact) mass is 328 g/mol. The lowest BCUT2D eigenvalue weighted by Crippen LogP contribution is -2.00. The van der Waals surface area contributed by atoms with Gasteiger partial charge in [-0.3, -0.25) is 4.79 Å². The summed E-state index contributed by atoms with van der Waals surface area (Å²) in [6, 6.07) is 6.88. The summed E-state index contributed by atoms with van der Waals surface area (Å²) in [7, 11) is 0. The Morgan fingerprint density at radius 1 is 1.25 bits per heavy atom. The van der Waals surface area contributed by atoms with Crippen LogP contribution < -0.4 is 0 Å². The fraction of sp³-hybridized carbons (Fsp3) is 0.154. The van der Waals surface area contributed by atoms with Crippen LogP contribution in [0, 0.1) is 6.92 Å². The number of carboxylic acids is 1. The van der Waals surface area contributed by atoms with Crippen molar-refractivity contribution in [3.05, 3.63) is 40.0 Å². The van der Waals surface area contributed by atoms with Gasteiger partial charge in [0.2, 0.25) is 0 Å². The molecule has 0 amide bonds. The summed E-state index contributed by atoms with van der Waals surface area (Å²) in [5.41, 5.74) is 1.49. The second kappa shape index (κ2) is 6.43. The highest BCUT2D eigenvalue weighted by Crippen LogP contribution is 2.28. The first-order chi connectivity index (χ1) is 9.45. The van der Waals surface area contributed by atoms with Crippen molar-refractivity contribution < 1.29 is 9.90 Å². The van der Waals surface area contributed by atoms with Crippen LogP contribution >= 0.6 is 35.0 Å². The maximum Gasteiger partial charge on any atom is 0.313 e. The number of nitrogens with zero attached hydrogens (tertiary/aromatic N) is 2. The minimum Gasteiger partial charge on any atom is -0.481 e.